The molecule has 3 N–H and O–H groups in total. The Hall–Kier alpha value is -3.02. The standard InChI is InChI=1S/C23H24FN5O2/c1-22(12-31-13-22)11-29-10-17(20-18(24)8-27-21(25)28-20)16-7-15(26-9-19(16)29)5-6-23(2,30)14-3-4-14/h7-10,14,30H,3-4,11-13H2,1-2H3,(H2,25,27,28). The molecule has 3 aromatic rings. The van der Waals surface area contributed by atoms with E-state index in [9.17, 15) is 9.50 Å². The molecule has 3 aromatic heterocycles. The van der Waals surface area contributed by atoms with Gasteiger partial charge in [-0.1, -0.05) is 12.8 Å². The van der Waals surface area contributed by atoms with Crippen LogP contribution in [0.1, 0.15) is 32.4 Å². The van der Waals surface area contributed by atoms with Crippen molar-refractivity contribution in [1.29, 1.82) is 0 Å². The third kappa shape index (κ3) is 3.75. The van der Waals surface area contributed by atoms with Gasteiger partial charge in [-0.05, 0) is 37.7 Å². The Labute approximate surface area is 179 Å². The molecule has 1 unspecified atom stereocenters. The van der Waals surface area contributed by atoms with Gasteiger partial charge in [0, 0.05) is 29.1 Å². The number of nitrogens with two attached hydrogens (primary N) is 1. The highest BCUT2D eigenvalue weighted by Gasteiger charge is 2.38. The van der Waals surface area contributed by atoms with Crippen LogP contribution in [0, 0.1) is 29.0 Å². The Morgan fingerprint density at radius 1 is 1.35 bits per heavy atom. The Kier molecular flexibility index (Phi) is 4.50. The van der Waals surface area contributed by atoms with Crippen LogP contribution in [0.15, 0.2) is 24.7 Å². The molecular formula is C23H24FN5O2. The van der Waals surface area contributed by atoms with Crippen LogP contribution in [0.25, 0.3) is 22.2 Å². The summed E-state index contributed by atoms with van der Waals surface area (Å²) in [6, 6.07) is 1.81. The van der Waals surface area contributed by atoms with Crippen molar-refractivity contribution >= 4 is 16.9 Å². The van der Waals surface area contributed by atoms with E-state index in [1.165, 1.54) is 0 Å². The quantitative estimate of drug-likeness (QED) is 0.629. The zero-order valence-corrected chi connectivity index (χ0v) is 17.5. The minimum atomic E-state index is -1.03. The summed E-state index contributed by atoms with van der Waals surface area (Å²) in [5.41, 5.74) is 6.81. The molecule has 1 saturated heterocycles. The number of nitrogens with zero attached hydrogens (tertiary/aromatic N) is 4. The predicted molar refractivity (Wildman–Crippen MR) is 114 cm³/mol. The molecule has 160 valence electrons. The van der Waals surface area contributed by atoms with Crippen LogP contribution < -0.4 is 5.73 Å². The summed E-state index contributed by atoms with van der Waals surface area (Å²) in [6.45, 7) is 5.93. The number of halogens is 1. The zero-order valence-electron chi connectivity index (χ0n) is 17.5. The Morgan fingerprint density at radius 2 is 2.13 bits per heavy atom. The Balaban J connectivity index is 1.63. The van der Waals surface area contributed by atoms with Gasteiger partial charge in [0.05, 0.1) is 31.1 Å². The number of nitrogen functional groups attached to an aromatic ring is 1. The van der Waals surface area contributed by atoms with Crippen molar-refractivity contribution in [2.75, 3.05) is 18.9 Å². The van der Waals surface area contributed by atoms with Crippen LogP contribution in [0.2, 0.25) is 0 Å². The molecule has 5 rings (SSSR count). The lowest BCUT2D eigenvalue weighted by Gasteiger charge is -2.38. The molecule has 1 atom stereocenters. The molecule has 4 heterocycles. The lowest BCUT2D eigenvalue weighted by atomic mass is 9.88. The summed E-state index contributed by atoms with van der Waals surface area (Å²) in [5.74, 6) is 5.61. The van der Waals surface area contributed by atoms with Gasteiger partial charge < -0.3 is 20.1 Å². The summed E-state index contributed by atoms with van der Waals surface area (Å²) in [4.78, 5) is 12.4. The highest BCUT2D eigenvalue weighted by Crippen LogP contribution is 2.39. The lowest BCUT2D eigenvalue weighted by Crippen LogP contribution is -2.43. The normalized spacial score (nSPS) is 19.4. The number of aromatic nitrogens is 4. The first-order valence-corrected chi connectivity index (χ1v) is 10.3. The number of fused-ring (bicyclic) bond motifs is 1. The smallest absolute Gasteiger partial charge is 0.220 e. The van der Waals surface area contributed by atoms with Gasteiger partial charge in [-0.15, -0.1) is 0 Å². The van der Waals surface area contributed by atoms with Crippen molar-refractivity contribution in [3.05, 3.63) is 36.2 Å². The molecule has 7 nitrogen and oxygen atoms in total. The van der Waals surface area contributed by atoms with E-state index in [-0.39, 0.29) is 23.0 Å². The number of aliphatic hydroxyl groups is 1. The van der Waals surface area contributed by atoms with E-state index in [0.29, 0.717) is 31.0 Å². The van der Waals surface area contributed by atoms with Gasteiger partial charge in [0.2, 0.25) is 5.95 Å². The van der Waals surface area contributed by atoms with Gasteiger partial charge in [0.15, 0.2) is 5.82 Å². The second kappa shape index (κ2) is 7.01. The average molecular weight is 421 g/mol. The minimum absolute atomic E-state index is 0.00575. The summed E-state index contributed by atoms with van der Waals surface area (Å²) in [5, 5.41) is 11.3. The van der Waals surface area contributed by atoms with Crippen LogP contribution in [-0.4, -0.2) is 43.4 Å². The van der Waals surface area contributed by atoms with Gasteiger partial charge in [-0.25, -0.2) is 19.3 Å². The van der Waals surface area contributed by atoms with Gasteiger partial charge in [-0.3, -0.25) is 0 Å². The molecule has 1 aliphatic heterocycles. The first-order chi connectivity index (χ1) is 14.7. The van der Waals surface area contributed by atoms with Crippen LogP contribution >= 0.6 is 0 Å². The van der Waals surface area contributed by atoms with E-state index in [4.69, 9.17) is 10.5 Å². The zero-order chi connectivity index (χ0) is 21.8. The van der Waals surface area contributed by atoms with Crippen molar-refractivity contribution in [2.45, 2.75) is 38.8 Å². The first-order valence-electron chi connectivity index (χ1n) is 10.3. The maximum absolute atomic E-state index is 14.6. The number of ether oxygens (including phenoxy) is 1. The van der Waals surface area contributed by atoms with Crippen molar-refractivity contribution < 1.29 is 14.2 Å². The maximum Gasteiger partial charge on any atom is 0.220 e. The SMILES string of the molecule is CC1(Cn2cc(-c3nc(N)ncc3F)c3cc(C#CC(C)(O)C4CC4)ncc32)COC1. The molecular weight excluding hydrogens is 397 g/mol. The highest BCUT2D eigenvalue weighted by molar-refractivity contribution is 5.95. The van der Waals surface area contributed by atoms with Crippen molar-refractivity contribution in [1.82, 2.24) is 19.5 Å². The van der Waals surface area contributed by atoms with Crippen LogP contribution in [0.4, 0.5) is 10.3 Å². The summed E-state index contributed by atoms with van der Waals surface area (Å²) in [6.07, 6.45) is 6.66. The molecule has 8 heteroatoms. The molecule has 0 amide bonds. The summed E-state index contributed by atoms with van der Waals surface area (Å²) < 4.78 is 22.1. The van der Waals surface area contributed by atoms with Crippen LogP contribution in [0.5, 0.6) is 0 Å². The molecule has 0 bridgehead atoms. The number of hydrogen-bond donors (Lipinski definition) is 2. The first kappa shape index (κ1) is 19.9. The van der Waals surface area contributed by atoms with Gasteiger partial charge in [0.1, 0.15) is 17.0 Å². The Bertz CT molecular complexity index is 1230. The van der Waals surface area contributed by atoms with Gasteiger partial charge >= 0.3 is 0 Å². The second-order valence-electron chi connectivity index (χ2n) is 9.16. The predicted octanol–water partition coefficient (Wildman–Crippen LogP) is 2.76. The van der Waals surface area contributed by atoms with Crippen molar-refractivity contribution in [3.63, 3.8) is 0 Å². The molecule has 1 saturated carbocycles. The number of anilines is 1. The van der Waals surface area contributed by atoms with Gasteiger partial charge in [0.25, 0.3) is 0 Å². The lowest BCUT2D eigenvalue weighted by molar-refractivity contribution is -0.109. The van der Waals surface area contributed by atoms with E-state index in [0.717, 1.165) is 29.9 Å². The fourth-order valence-corrected chi connectivity index (χ4v) is 4.04. The minimum Gasteiger partial charge on any atom is -0.380 e. The van der Waals surface area contributed by atoms with E-state index in [1.54, 1.807) is 13.1 Å². The van der Waals surface area contributed by atoms with E-state index in [1.807, 2.05) is 12.3 Å². The van der Waals surface area contributed by atoms with E-state index < -0.39 is 11.4 Å². The summed E-state index contributed by atoms with van der Waals surface area (Å²) >= 11 is 0. The molecule has 0 spiro atoms. The number of hydrogen-bond acceptors (Lipinski definition) is 6. The topological polar surface area (TPSA) is 99.1 Å². The summed E-state index contributed by atoms with van der Waals surface area (Å²) in [7, 11) is 0. The van der Waals surface area contributed by atoms with E-state index in [2.05, 4.69) is 38.3 Å². The van der Waals surface area contributed by atoms with E-state index >= 15 is 0 Å². The molecule has 1 aliphatic carbocycles. The fourth-order valence-electron chi connectivity index (χ4n) is 4.04. The molecule has 31 heavy (non-hydrogen) atoms. The second-order valence-corrected chi connectivity index (χ2v) is 9.16. The molecule has 2 aliphatic rings. The average Bonchev–Trinajstić information content (AvgIpc) is 3.52. The third-order valence-corrected chi connectivity index (χ3v) is 6.05. The number of pyridine rings is 1. The largest absolute Gasteiger partial charge is 0.380 e. The molecule has 0 aromatic carbocycles. The molecule has 2 fully saturated rings. The highest BCUT2D eigenvalue weighted by atomic mass is 19.1. The monoisotopic (exact) mass is 421 g/mol. The number of rotatable bonds is 4. The van der Waals surface area contributed by atoms with Crippen molar-refractivity contribution in [2.24, 2.45) is 11.3 Å². The van der Waals surface area contributed by atoms with Crippen LogP contribution in [-0.2, 0) is 11.3 Å². The Morgan fingerprint density at radius 3 is 2.81 bits per heavy atom. The molecule has 0 radical (unpaired) electrons. The maximum atomic E-state index is 14.6. The van der Waals surface area contributed by atoms with Crippen LogP contribution in [0.3, 0.4) is 0 Å². The van der Waals surface area contributed by atoms with Crippen molar-refractivity contribution in [3.8, 4) is 23.1 Å². The fraction of sp³-hybridized carbons (Fsp3) is 0.435. The third-order valence-electron chi connectivity index (χ3n) is 6.05. The van der Waals surface area contributed by atoms with Gasteiger partial charge in [-0.2, -0.15) is 0 Å².